The third kappa shape index (κ3) is 2.18. The van der Waals surface area contributed by atoms with Crippen LogP contribution in [0.15, 0.2) is 41.2 Å². The van der Waals surface area contributed by atoms with Gasteiger partial charge in [-0.05, 0) is 18.2 Å². The highest BCUT2D eigenvalue weighted by molar-refractivity contribution is 6.31. The zero-order chi connectivity index (χ0) is 11.4. The molecule has 80 valence electrons. The van der Waals surface area contributed by atoms with Crippen molar-refractivity contribution in [2.24, 2.45) is 0 Å². The maximum atomic E-state index is 8.92. The van der Waals surface area contributed by atoms with Crippen molar-refractivity contribution in [1.82, 2.24) is 0 Å². The van der Waals surface area contributed by atoms with Crippen molar-refractivity contribution in [1.29, 1.82) is 5.26 Å². The lowest BCUT2D eigenvalue weighted by atomic mass is 10.2. The van der Waals surface area contributed by atoms with E-state index in [4.69, 9.17) is 26.0 Å². The number of furan rings is 1. The molecular formula is C12H8ClNO2. The molecule has 0 radical (unpaired) electrons. The number of hydrogen-bond donors (Lipinski definition) is 0. The molecule has 0 spiro atoms. The molecule has 0 aliphatic carbocycles. The summed E-state index contributed by atoms with van der Waals surface area (Å²) >= 11 is 5.87. The van der Waals surface area contributed by atoms with Crippen LogP contribution in [-0.2, 0) is 6.61 Å². The second-order valence-corrected chi connectivity index (χ2v) is 3.55. The molecule has 2 rings (SSSR count). The molecule has 0 N–H and O–H groups in total. The molecule has 0 atom stereocenters. The van der Waals surface area contributed by atoms with Crippen LogP contribution in [0.2, 0.25) is 5.02 Å². The van der Waals surface area contributed by atoms with Crippen molar-refractivity contribution in [3.05, 3.63) is 52.9 Å². The van der Waals surface area contributed by atoms with E-state index in [0.29, 0.717) is 22.9 Å². The van der Waals surface area contributed by atoms with Crippen LogP contribution >= 0.6 is 11.6 Å². The first-order valence-corrected chi connectivity index (χ1v) is 5.01. The Morgan fingerprint density at radius 1 is 1.38 bits per heavy atom. The number of ether oxygens (including phenoxy) is 1. The Hall–Kier alpha value is -1.92. The zero-order valence-corrected chi connectivity index (χ0v) is 9.07. The quantitative estimate of drug-likeness (QED) is 0.816. The van der Waals surface area contributed by atoms with E-state index in [9.17, 15) is 0 Å². The molecule has 16 heavy (non-hydrogen) atoms. The van der Waals surface area contributed by atoms with Gasteiger partial charge in [0.1, 0.15) is 24.0 Å². The van der Waals surface area contributed by atoms with Gasteiger partial charge in [0.05, 0.1) is 17.5 Å². The average Bonchev–Trinajstić information content (AvgIpc) is 2.79. The maximum Gasteiger partial charge on any atom is 0.139 e. The van der Waals surface area contributed by atoms with Gasteiger partial charge in [-0.3, -0.25) is 0 Å². The Bertz CT molecular complexity index is 514. The Morgan fingerprint density at radius 3 is 2.94 bits per heavy atom. The number of nitrogens with zero attached hydrogens (tertiary/aromatic N) is 1. The normalized spacial score (nSPS) is 9.75. The second-order valence-electron chi connectivity index (χ2n) is 3.15. The first-order chi connectivity index (χ1) is 7.81. The lowest BCUT2D eigenvalue weighted by molar-refractivity contribution is 0.304. The first-order valence-electron chi connectivity index (χ1n) is 4.64. The van der Waals surface area contributed by atoms with Crippen molar-refractivity contribution < 1.29 is 9.15 Å². The monoisotopic (exact) mass is 233 g/mol. The van der Waals surface area contributed by atoms with Crippen LogP contribution in [0.4, 0.5) is 0 Å². The fourth-order valence-electron chi connectivity index (χ4n) is 1.27. The van der Waals surface area contributed by atoms with Gasteiger partial charge in [0.25, 0.3) is 0 Å². The van der Waals surface area contributed by atoms with Gasteiger partial charge in [-0.1, -0.05) is 17.7 Å². The van der Waals surface area contributed by atoms with Crippen molar-refractivity contribution in [3.63, 3.8) is 0 Å². The molecule has 1 aromatic carbocycles. The lowest BCUT2D eigenvalue weighted by Crippen LogP contribution is -1.96. The Kier molecular flexibility index (Phi) is 3.13. The molecule has 0 aliphatic rings. The Labute approximate surface area is 97.8 Å². The summed E-state index contributed by atoms with van der Waals surface area (Å²) < 4.78 is 10.4. The SMILES string of the molecule is N#Cc1c(Cl)cccc1OCc1ccoc1. The molecule has 1 heterocycles. The topological polar surface area (TPSA) is 46.2 Å². The minimum Gasteiger partial charge on any atom is -0.487 e. The van der Waals surface area contributed by atoms with Crippen molar-refractivity contribution >= 4 is 11.6 Å². The highest BCUT2D eigenvalue weighted by atomic mass is 35.5. The van der Waals surface area contributed by atoms with Crippen LogP contribution in [0.1, 0.15) is 11.1 Å². The fraction of sp³-hybridized carbons (Fsp3) is 0.0833. The van der Waals surface area contributed by atoms with Crippen LogP contribution in [0.25, 0.3) is 0 Å². The molecule has 0 saturated heterocycles. The van der Waals surface area contributed by atoms with E-state index in [1.54, 1.807) is 36.8 Å². The van der Waals surface area contributed by atoms with Gasteiger partial charge < -0.3 is 9.15 Å². The molecule has 0 amide bonds. The van der Waals surface area contributed by atoms with Gasteiger partial charge in [-0.15, -0.1) is 0 Å². The molecule has 2 aromatic rings. The summed E-state index contributed by atoms with van der Waals surface area (Å²) in [6.45, 7) is 0.353. The number of benzene rings is 1. The smallest absolute Gasteiger partial charge is 0.139 e. The lowest BCUT2D eigenvalue weighted by Gasteiger charge is -2.06. The van der Waals surface area contributed by atoms with E-state index >= 15 is 0 Å². The fourth-order valence-corrected chi connectivity index (χ4v) is 1.48. The summed E-state index contributed by atoms with van der Waals surface area (Å²) in [5.74, 6) is 0.483. The Balaban J connectivity index is 2.16. The van der Waals surface area contributed by atoms with E-state index in [1.165, 1.54) is 0 Å². The molecule has 0 aliphatic heterocycles. The minimum absolute atomic E-state index is 0.353. The Morgan fingerprint density at radius 2 is 2.25 bits per heavy atom. The summed E-state index contributed by atoms with van der Waals surface area (Å²) in [4.78, 5) is 0. The van der Waals surface area contributed by atoms with Gasteiger partial charge in [0.15, 0.2) is 0 Å². The molecule has 0 saturated carbocycles. The predicted octanol–water partition coefficient (Wildman–Crippen LogP) is 3.38. The van der Waals surface area contributed by atoms with Gasteiger partial charge >= 0.3 is 0 Å². The van der Waals surface area contributed by atoms with Crippen molar-refractivity contribution in [2.75, 3.05) is 0 Å². The second kappa shape index (κ2) is 4.73. The van der Waals surface area contributed by atoms with E-state index in [2.05, 4.69) is 0 Å². The summed E-state index contributed by atoms with van der Waals surface area (Å²) in [7, 11) is 0. The molecular weight excluding hydrogens is 226 g/mol. The summed E-state index contributed by atoms with van der Waals surface area (Å²) in [6, 6.07) is 8.93. The average molecular weight is 234 g/mol. The summed E-state index contributed by atoms with van der Waals surface area (Å²) in [5.41, 5.74) is 1.26. The van der Waals surface area contributed by atoms with Crippen molar-refractivity contribution in [2.45, 2.75) is 6.61 Å². The summed E-state index contributed by atoms with van der Waals surface area (Å²) in [5, 5.41) is 9.32. The van der Waals surface area contributed by atoms with Gasteiger partial charge in [-0.2, -0.15) is 5.26 Å². The van der Waals surface area contributed by atoms with E-state index in [1.807, 2.05) is 6.07 Å². The zero-order valence-electron chi connectivity index (χ0n) is 8.31. The minimum atomic E-state index is 0.353. The largest absolute Gasteiger partial charge is 0.487 e. The van der Waals surface area contributed by atoms with E-state index < -0.39 is 0 Å². The van der Waals surface area contributed by atoms with Crippen LogP contribution in [0.5, 0.6) is 5.75 Å². The highest BCUT2D eigenvalue weighted by Crippen LogP contribution is 2.25. The van der Waals surface area contributed by atoms with Crippen LogP contribution in [0.3, 0.4) is 0 Å². The van der Waals surface area contributed by atoms with Crippen LogP contribution < -0.4 is 4.74 Å². The standard InChI is InChI=1S/C12H8ClNO2/c13-11-2-1-3-12(10(11)6-14)16-8-9-4-5-15-7-9/h1-5,7H,8H2. The molecule has 4 heteroatoms. The molecule has 1 aromatic heterocycles. The first kappa shape index (κ1) is 10.6. The van der Waals surface area contributed by atoms with E-state index in [0.717, 1.165) is 5.56 Å². The number of halogens is 1. The van der Waals surface area contributed by atoms with Gasteiger partial charge in [-0.25, -0.2) is 0 Å². The van der Waals surface area contributed by atoms with Crippen LogP contribution in [-0.4, -0.2) is 0 Å². The number of rotatable bonds is 3. The molecule has 0 fully saturated rings. The summed E-state index contributed by atoms with van der Waals surface area (Å²) in [6.07, 6.45) is 3.17. The van der Waals surface area contributed by atoms with Gasteiger partial charge in [0, 0.05) is 5.56 Å². The molecule has 0 unspecified atom stereocenters. The van der Waals surface area contributed by atoms with Crippen LogP contribution in [0, 0.1) is 11.3 Å². The van der Waals surface area contributed by atoms with Gasteiger partial charge in [0.2, 0.25) is 0 Å². The molecule has 3 nitrogen and oxygen atoms in total. The highest BCUT2D eigenvalue weighted by Gasteiger charge is 2.07. The molecule has 0 bridgehead atoms. The van der Waals surface area contributed by atoms with E-state index in [-0.39, 0.29) is 0 Å². The number of hydrogen-bond acceptors (Lipinski definition) is 3. The third-order valence-corrected chi connectivity index (χ3v) is 2.38. The third-order valence-electron chi connectivity index (χ3n) is 2.06. The van der Waals surface area contributed by atoms with Crippen molar-refractivity contribution in [3.8, 4) is 11.8 Å². The predicted molar refractivity (Wildman–Crippen MR) is 59.2 cm³/mol. The number of nitriles is 1. The maximum absolute atomic E-state index is 8.92.